The predicted molar refractivity (Wildman–Crippen MR) is 166 cm³/mol. The summed E-state index contributed by atoms with van der Waals surface area (Å²) < 4.78 is 55.1. The van der Waals surface area contributed by atoms with E-state index in [1.807, 2.05) is 18.2 Å². The number of alkyl halides is 3. The fourth-order valence-corrected chi connectivity index (χ4v) is 7.81. The molecule has 46 heavy (non-hydrogen) atoms. The molecule has 0 spiro atoms. The van der Waals surface area contributed by atoms with E-state index < -0.39 is 50.9 Å². The minimum atomic E-state index is -4.69. The lowest BCUT2D eigenvalue weighted by molar-refractivity contribution is -0.137. The van der Waals surface area contributed by atoms with Crippen LogP contribution in [0.25, 0.3) is 5.70 Å². The quantitative estimate of drug-likeness (QED) is 0.175. The average molecular weight is 652 g/mol. The molecule has 3 aliphatic rings. The summed E-state index contributed by atoms with van der Waals surface area (Å²) in [6, 6.07) is 8.74. The maximum atomic E-state index is 14.6. The van der Waals surface area contributed by atoms with Gasteiger partial charge in [-0.25, -0.2) is 9.07 Å². The maximum Gasteiger partial charge on any atom is 0.416 e. The van der Waals surface area contributed by atoms with E-state index in [0.717, 1.165) is 48.2 Å². The minimum Gasteiger partial charge on any atom is -0.344 e. The molecule has 2 aliphatic heterocycles. The average Bonchev–Trinajstić information content (AvgIpc) is 3.56. The number of nitrogens with one attached hydrogen (secondary N) is 2. The molecule has 8 nitrogen and oxygen atoms in total. The first-order valence-corrected chi connectivity index (χ1v) is 15.4. The maximum absolute atomic E-state index is 14.6. The molecule has 1 fully saturated rings. The number of rotatable bonds is 8. The lowest BCUT2D eigenvalue weighted by Crippen LogP contribution is -2.58. The number of hydrogen-bond donors (Lipinski definition) is 2. The highest BCUT2D eigenvalue weighted by atomic mass is 32.2. The first kappa shape index (κ1) is 31.3. The Labute approximate surface area is 266 Å². The van der Waals surface area contributed by atoms with Crippen molar-refractivity contribution in [3.63, 3.8) is 0 Å². The zero-order valence-corrected chi connectivity index (χ0v) is 25.6. The standard InChI is InChI=1S/C33H29F4N5O3S/c1-4-25(43)38-19(3)27-26-29(42(40-27)24-12-7-6-8-13-24)41(5-2)30(45)32(31(26,46-32)21-14-16-23(34)17-15-21)39-28(44)20-10-9-11-22(18-20)33(35,36)37/h4,6-7,9-12,14-19H,1,5,8,13H2,2-3H3,(H,38,43)(H,39,44)/t19-,31-,32+/m0/s1. The van der Waals surface area contributed by atoms with Crippen molar-refractivity contribution in [3.05, 3.63) is 113 Å². The van der Waals surface area contributed by atoms with Crippen LogP contribution in [-0.2, 0) is 20.5 Å². The number of nitrogens with zero attached hydrogens (tertiary/aromatic N) is 3. The Bertz CT molecular complexity index is 1830. The number of fused-ring (bicyclic) bond motifs is 3. The summed E-state index contributed by atoms with van der Waals surface area (Å²) in [7, 11) is 0. The Morgan fingerprint density at radius 1 is 1.20 bits per heavy atom. The second-order valence-corrected chi connectivity index (χ2v) is 12.5. The van der Waals surface area contributed by atoms with Crippen molar-refractivity contribution in [1.29, 1.82) is 0 Å². The number of anilines is 1. The van der Waals surface area contributed by atoms with E-state index >= 15 is 0 Å². The first-order valence-electron chi connectivity index (χ1n) is 14.6. The van der Waals surface area contributed by atoms with Gasteiger partial charge in [-0.05, 0) is 74.7 Å². The van der Waals surface area contributed by atoms with Crippen molar-refractivity contribution in [2.75, 3.05) is 11.4 Å². The summed E-state index contributed by atoms with van der Waals surface area (Å²) in [5.41, 5.74) is 0.880. The summed E-state index contributed by atoms with van der Waals surface area (Å²) in [5.74, 6) is -1.96. The van der Waals surface area contributed by atoms with Crippen LogP contribution in [0.5, 0.6) is 0 Å². The third kappa shape index (κ3) is 4.84. The number of likely N-dealkylation sites (N-methyl/N-ethyl adjacent to an activating group) is 1. The SMILES string of the molecule is C=CC(=O)N[C@@H](C)c1nn(C2=CC=CCC2)c2c1[C@]1(c3ccc(F)cc3)S[C@]1(NC(=O)c1cccc(C(F)(F)F)c1)C(=O)N2CC. The van der Waals surface area contributed by atoms with Crippen molar-refractivity contribution in [3.8, 4) is 0 Å². The van der Waals surface area contributed by atoms with Crippen molar-refractivity contribution in [1.82, 2.24) is 20.4 Å². The molecule has 1 aromatic heterocycles. The number of benzene rings is 2. The number of carbonyl (C=O) groups excluding carboxylic acids is 3. The minimum absolute atomic E-state index is 0.161. The van der Waals surface area contributed by atoms with Crippen LogP contribution in [0.15, 0.2) is 79.4 Å². The Morgan fingerprint density at radius 3 is 2.57 bits per heavy atom. The lowest BCUT2D eigenvalue weighted by atomic mass is 9.80. The number of amides is 3. The van der Waals surface area contributed by atoms with Crippen LogP contribution in [0, 0.1) is 5.82 Å². The number of aromatic nitrogens is 2. The monoisotopic (exact) mass is 651 g/mol. The highest BCUT2D eigenvalue weighted by molar-refractivity contribution is 8.10. The predicted octanol–water partition coefficient (Wildman–Crippen LogP) is 6.08. The first-order chi connectivity index (χ1) is 21.9. The molecule has 0 radical (unpaired) electrons. The van der Waals surface area contributed by atoms with E-state index in [-0.39, 0.29) is 12.1 Å². The van der Waals surface area contributed by atoms with Gasteiger partial charge in [0.25, 0.3) is 11.8 Å². The third-order valence-corrected chi connectivity index (χ3v) is 10.1. The molecule has 13 heteroatoms. The molecule has 0 saturated carbocycles. The van der Waals surface area contributed by atoms with E-state index in [1.165, 1.54) is 35.2 Å². The third-order valence-electron chi connectivity index (χ3n) is 8.33. The summed E-state index contributed by atoms with van der Waals surface area (Å²) in [6.07, 6.45) is 3.54. The van der Waals surface area contributed by atoms with E-state index in [4.69, 9.17) is 5.10 Å². The molecule has 3 amide bonds. The number of allylic oxidation sites excluding steroid dienone is 4. The molecule has 3 aromatic rings. The molecule has 1 aliphatic carbocycles. The summed E-state index contributed by atoms with van der Waals surface area (Å²) in [6.45, 7) is 7.18. The molecule has 0 unspecified atom stereocenters. The Hall–Kier alpha value is -4.65. The molecule has 3 atom stereocenters. The summed E-state index contributed by atoms with van der Waals surface area (Å²) in [4.78, 5) is 40.6. The second kappa shape index (κ2) is 11.3. The van der Waals surface area contributed by atoms with Gasteiger partial charge >= 0.3 is 6.18 Å². The van der Waals surface area contributed by atoms with E-state index in [0.29, 0.717) is 29.1 Å². The van der Waals surface area contributed by atoms with E-state index in [9.17, 15) is 31.9 Å². The van der Waals surface area contributed by atoms with Crippen LogP contribution >= 0.6 is 11.8 Å². The lowest BCUT2D eigenvalue weighted by Gasteiger charge is -2.36. The van der Waals surface area contributed by atoms with Crippen LogP contribution in [0.3, 0.4) is 0 Å². The highest BCUT2D eigenvalue weighted by Gasteiger charge is 2.81. The summed E-state index contributed by atoms with van der Waals surface area (Å²) in [5, 5.41) is 10.6. The number of carbonyl (C=O) groups is 3. The van der Waals surface area contributed by atoms with Gasteiger partial charge in [0.2, 0.25) is 5.91 Å². The van der Waals surface area contributed by atoms with Gasteiger partial charge in [0.1, 0.15) is 16.4 Å². The molecular weight excluding hydrogens is 622 g/mol. The number of halogens is 4. The van der Waals surface area contributed by atoms with Gasteiger partial charge in [-0.15, -0.1) is 11.8 Å². The highest BCUT2D eigenvalue weighted by Crippen LogP contribution is 2.76. The van der Waals surface area contributed by atoms with Crippen LogP contribution in [0.4, 0.5) is 23.4 Å². The van der Waals surface area contributed by atoms with Gasteiger partial charge in [0.15, 0.2) is 4.87 Å². The molecule has 2 aromatic carbocycles. The van der Waals surface area contributed by atoms with Crippen LogP contribution in [0.2, 0.25) is 0 Å². The molecule has 6 rings (SSSR count). The molecule has 3 heterocycles. The zero-order valence-electron chi connectivity index (χ0n) is 24.8. The Balaban J connectivity index is 1.59. The second-order valence-electron chi connectivity index (χ2n) is 11.1. The molecule has 238 valence electrons. The molecule has 1 saturated heterocycles. The van der Waals surface area contributed by atoms with Gasteiger partial charge in [0.05, 0.1) is 17.3 Å². The van der Waals surface area contributed by atoms with Gasteiger partial charge in [-0.1, -0.05) is 36.9 Å². The van der Waals surface area contributed by atoms with Gasteiger partial charge in [-0.3, -0.25) is 19.3 Å². The van der Waals surface area contributed by atoms with Crippen molar-refractivity contribution >= 4 is 41.0 Å². The van der Waals surface area contributed by atoms with Gasteiger partial charge in [0, 0.05) is 23.4 Å². The largest absolute Gasteiger partial charge is 0.416 e. The van der Waals surface area contributed by atoms with E-state index in [1.54, 1.807) is 18.5 Å². The molecular formula is C33H29F4N5O3S. The van der Waals surface area contributed by atoms with Gasteiger partial charge < -0.3 is 10.6 Å². The Morgan fingerprint density at radius 2 is 1.93 bits per heavy atom. The smallest absolute Gasteiger partial charge is 0.344 e. The fourth-order valence-electron chi connectivity index (χ4n) is 6.16. The zero-order chi connectivity index (χ0) is 33.0. The van der Waals surface area contributed by atoms with Crippen LogP contribution in [-0.4, -0.2) is 38.9 Å². The normalized spacial score (nSPS) is 22.3. The van der Waals surface area contributed by atoms with Crippen LogP contribution in [0.1, 0.15) is 65.5 Å². The number of thioether (sulfide) groups is 1. The van der Waals surface area contributed by atoms with Crippen molar-refractivity contribution in [2.24, 2.45) is 0 Å². The fraction of sp³-hybridized carbons (Fsp3) is 0.273. The summed E-state index contributed by atoms with van der Waals surface area (Å²) >= 11 is 1.08. The molecule has 0 bridgehead atoms. The van der Waals surface area contributed by atoms with E-state index in [2.05, 4.69) is 17.2 Å². The number of hydrogen-bond acceptors (Lipinski definition) is 5. The Kier molecular flexibility index (Phi) is 7.70. The van der Waals surface area contributed by atoms with Crippen molar-refractivity contribution in [2.45, 2.75) is 48.5 Å². The topological polar surface area (TPSA) is 96.3 Å². The van der Waals surface area contributed by atoms with Gasteiger partial charge in [-0.2, -0.15) is 18.3 Å². The molecule has 2 N–H and O–H groups in total. The van der Waals surface area contributed by atoms with Crippen molar-refractivity contribution < 1.29 is 31.9 Å². The van der Waals surface area contributed by atoms with Crippen LogP contribution < -0.4 is 15.5 Å².